The molecule has 1 amide bonds. The fourth-order valence-electron chi connectivity index (χ4n) is 2.74. The zero-order chi connectivity index (χ0) is 15.6. The van der Waals surface area contributed by atoms with Crippen LogP contribution < -0.4 is 5.32 Å². The average Bonchev–Trinajstić information content (AvgIpc) is 2.44. The lowest BCUT2D eigenvalue weighted by molar-refractivity contribution is -0.151. The molecule has 1 aromatic rings. The molecule has 114 valence electrons. The van der Waals surface area contributed by atoms with E-state index >= 15 is 0 Å². The lowest BCUT2D eigenvalue weighted by Gasteiger charge is -2.38. The van der Waals surface area contributed by atoms with E-state index < -0.39 is 29.2 Å². The molecular formula is C15H17BrFNO3. The van der Waals surface area contributed by atoms with Gasteiger partial charge in [0.1, 0.15) is 5.82 Å². The Morgan fingerprint density at radius 1 is 1.43 bits per heavy atom. The smallest absolute Gasteiger partial charge is 0.311 e. The van der Waals surface area contributed by atoms with Crippen molar-refractivity contribution in [2.75, 3.05) is 0 Å². The molecule has 1 saturated carbocycles. The molecule has 4 nitrogen and oxygen atoms in total. The van der Waals surface area contributed by atoms with Crippen molar-refractivity contribution < 1.29 is 19.1 Å². The van der Waals surface area contributed by atoms with Crippen molar-refractivity contribution >= 4 is 27.8 Å². The van der Waals surface area contributed by atoms with Gasteiger partial charge in [-0.3, -0.25) is 9.59 Å². The Hall–Kier alpha value is -1.43. The topological polar surface area (TPSA) is 66.4 Å². The largest absolute Gasteiger partial charge is 0.481 e. The normalized spacial score (nSPS) is 25.4. The number of carboxylic acids is 1. The van der Waals surface area contributed by atoms with Crippen LogP contribution in [0.3, 0.4) is 0 Å². The van der Waals surface area contributed by atoms with E-state index in [1.807, 2.05) is 0 Å². The first kappa shape index (κ1) is 15.9. The van der Waals surface area contributed by atoms with Crippen LogP contribution in [0.1, 0.15) is 43.0 Å². The number of carboxylic acid groups (broad SMARTS) is 1. The van der Waals surface area contributed by atoms with Crippen LogP contribution in [0.5, 0.6) is 0 Å². The molecule has 0 bridgehead atoms. The summed E-state index contributed by atoms with van der Waals surface area (Å²) in [5, 5.41) is 12.1. The molecule has 1 aliphatic carbocycles. The van der Waals surface area contributed by atoms with Crippen molar-refractivity contribution in [2.45, 2.75) is 38.6 Å². The molecule has 1 aliphatic rings. The quantitative estimate of drug-likeness (QED) is 0.871. The molecule has 0 spiro atoms. The van der Waals surface area contributed by atoms with Gasteiger partial charge in [0.05, 0.1) is 15.5 Å². The van der Waals surface area contributed by atoms with E-state index in [0.29, 0.717) is 12.8 Å². The second-order valence-corrected chi connectivity index (χ2v) is 6.45. The first-order valence-corrected chi connectivity index (χ1v) is 7.64. The van der Waals surface area contributed by atoms with Crippen LogP contribution in [0.15, 0.2) is 22.7 Å². The Labute approximate surface area is 130 Å². The molecule has 0 heterocycles. The summed E-state index contributed by atoms with van der Waals surface area (Å²) < 4.78 is 14.1. The van der Waals surface area contributed by atoms with E-state index in [1.165, 1.54) is 12.1 Å². The van der Waals surface area contributed by atoms with Crippen LogP contribution in [0.25, 0.3) is 0 Å². The summed E-state index contributed by atoms with van der Waals surface area (Å²) in [6.45, 7) is 1.64. The Kier molecular flexibility index (Phi) is 4.66. The standard InChI is InChI=1S/C15H17BrFNO3/c1-15(14(20)21)8-3-2-7-11(15)18-13(19)9-5-4-6-10(16)12(9)17/h4-6,11H,2-3,7-8H2,1H3,(H,18,19)(H,20,21). The van der Waals surface area contributed by atoms with Crippen molar-refractivity contribution in [1.29, 1.82) is 0 Å². The van der Waals surface area contributed by atoms with Gasteiger partial charge in [0, 0.05) is 6.04 Å². The van der Waals surface area contributed by atoms with Crippen LogP contribution in [0.2, 0.25) is 0 Å². The molecule has 2 unspecified atom stereocenters. The van der Waals surface area contributed by atoms with Crippen LogP contribution in [0.4, 0.5) is 4.39 Å². The second kappa shape index (κ2) is 6.13. The summed E-state index contributed by atoms with van der Waals surface area (Å²) >= 11 is 3.04. The molecule has 6 heteroatoms. The van der Waals surface area contributed by atoms with Gasteiger partial charge in [-0.05, 0) is 47.8 Å². The van der Waals surface area contributed by atoms with Crippen LogP contribution in [-0.2, 0) is 4.79 Å². The molecule has 2 atom stereocenters. The van der Waals surface area contributed by atoms with Crippen LogP contribution in [0, 0.1) is 11.2 Å². The second-order valence-electron chi connectivity index (χ2n) is 5.60. The van der Waals surface area contributed by atoms with E-state index in [4.69, 9.17) is 0 Å². The van der Waals surface area contributed by atoms with Gasteiger partial charge in [0.15, 0.2) is 0 Å². The van der Waals surface area contributed by atoms with Crippen molar-refractivity contribution in [3.8, 4) is 0 Å². The molecule has 21 heavy (non-hydrogen) atoms. The highest BCUT2D eigenvalue weighted by atomic mass is 79.9. The maximum absolute atomic E-state index is 13.9. The summed E-state index contributed by atoms with van der Waals surface area (Å²) in [7, 11) is 0. The Balaban J connectivity index is 2.21. The third-order valence-corrected chi connectivity index (χ3v) is 4.81. The van der Waals surface area contributed by atoms with Gasteiger partial charge < -0.3 is 10.4 Å². The molecule has 0 saturated heterocycles. The number of carbonyl (C=O) groups excluding carboxylic acids is 1. The number of amides is 1. The number of rotatable bonds is 3. The number of halogens is 2. The molecular weight excluding hydrogens is 341 g/mol. The highest BCUT2D eigenvalue weighted by molar-refractivity contribution is 9.10. The summed E-state index contributed by atoms with van der Waals surface area (Å²) in [5.41, 5.74) is -1.08. The Morgan fingerprint density at radius 2 is 2.14 bits per heavy atom. The van der Waals surface area contributed by atoms with Crippen molar-refractivity contribution in [3.05, 3.63) is 34.1 Å². The Bertz CT molecular complexity index is 578. The van der Waals surface area contributed by atoms with Gasteiger partial charge in [-0.15, -0.1) is 0 Å². The van der Waals surface area contributed by atoms with E-state index in [1.54, 1.807) is 13.0 Å². The van der Waals surface area contributed by atoms with Crippen molar-refractivity contribution in [2.24, 2.45) is 5.41 Å². The SMILES string of the molecule is CC1(C(=O)O)CCCCC1NC(=O)c1cccc(Br)c1F. The lowest BCUT2D eigenvalue weighted by Crippen LogP contribution is -2.52. The number of hydrogen-bond donors (Lipinski definition) is 2. The number of carbonyl (C=O) groups is 2. The third-order valence-electron chi connectivity index (χ3n) is 4.20. The van der Waals surface area contributed by atoms with E-state index in [-0.39, 0.29) is 10.0 Å². The van der Waals surface area contributed by atoms with Gasteiger partial charge in [-0.1, -0.05) is 18.9 Å². The number of aliphatic carboxylic acids is 1. The van der Waals surface area contributed by atoms with Gasteiger partial charge in [0.2, 0.25) is 0 Å². The minimum absolute atomic E-state index is 0.0808. The van der Waals surface area contributed by atoms with E-state index in [0.717, 1.165) is 12.8 Å². The first-order chi connectivity index (χ1) is 9.86. The zero-order valence-corrected chi connectivity index (χ0v) is 13.2. The van der Waals surface area contributed by atoms with Gasteiger partial charge >= 0.3 is 5.97 Å². The molecule has 2 rings (SSSR count). The van der Waals surface area contributed by atoms with Gasteiger partial charge in [-0.2, -0.15) is 0 Å². The molecule has 0 radical (unpaired) electrons. The van der Waals surface area contributed by atoms with Crippen LogP contribution >= 0.6 is 15.9 Å². The minimum atomic E-state index is -1.00. The highest BCUT2D eigenvalue weighted by Crippen LogP contribution is 2.36. The third kappa shape index (κ3) is 3.10. The first-order valence-electron chi connectivity index (χ1n) is 6.84. The predicted octanol–water partition coefficient (Wildman–Crippen LogP) is 3.35. The molecule has 1 fully saturated rings. The molecule has 0 aliphatic heterocycles. The van der Waals surface area contributed by atoms with E-state index in [2.05, 4.69) is 21.2 Å². The lowest BCUT2D eigenvalue weighted by atomic mass is 9.71. The maximum atomic E-state index is 13.9. The van der Waals surface area contributed by atoms with Crippen LogP contribution in [-0.4, -0.2) is 23.0 Å². The summed E-state index contributed by atoms with van der Waals surface area (Å²) in [5.74, 6) is -2.14. The summed E-state index contributed by atoms with van der Waals surface area (Å²) in [6, 6.07) is 3.97. The number of nitrogens with one attached hydrogen (secondary N) is 1. The monoisotopic (exact) mass is 357 g/mol. The van der Waals surface area contributed by atoms with Gasteiger partial charge in [-0.25, -0.2) is 4.39 Å². The van der Waals surface area contributed by atoms with E-state index in [9.17, 15) is 19.1 Å². The van der Waals surface area contributed by atoms with Crippen molar-refractivity contribution in [3.63, 3.8) is 0 Å². The molecule has 0 aromatic heterocycles. The molecule has 1 aromatic carbocycles. The van der Waals surface area contributed by atoms with Gasteiger partial charge in [0.25, 0.3) is 5.91 Å². The molecule has 2 N–H and O–H groups in total. The predicted molar refractivity (Wildman–Crippen MR) is 79.6 cm³/mol. The maximum Gasteiger partial charge on any atom is 0.311 e. The minimum Gasteiger partial charge on any atom is -0.481 e. The number of benzene rings is 1. The van der Waals surface area contributed by atoms with Crippen molar-refractivity contribution in [1.82, 2.24) is 5.32 Å². The summed E-state index contributed by atoms with van der Waals surface area (Å²) in [6.07, 6.45) is 2.77. The Morgan fingerprint density at radius 3 is 2.81 bits per heavy atom. The fraction of sp³-hybridized carbons (Fsp3) is 0.467. The zero-order valence-electron chi connectivity index (χ0n) is 11.7. The fourth-order valence-corrected chi connectivity index (χ4v) is 3.10. The summed E-state index contributed by atoms with van der Waals surface area (Å²) in [4.78, 5) is 23.7. The highest BCUT2D eigenvalue weighted by Gasteiger charge is 2.44. The number of hydrogen-bond acceptors (Lipinski definition) is 2. The average molecular weight is 358 g/mol.